The number of rotatable bonds is 4. The van der Waals surface area contributed by atoms with Crippen molar-refractivity contribution < 1.29 is 9.21 Å². The van der Waals surface area contributed by atoms with E-state index in [2.05, 4.69) is 15.4 Å². The number of benzene rings is 1. The topological polar surface area (TPSA) is 77.9 Å². The number of furan rings is 1. The fraction of sp³-hybridized carbons (Fsp3) is 0.211. The quantitative estimate of drug-likeness (QED) is 0.579. The Hall–Kier alpha value is -3.06. The van der Waals surface area contributed by atoms with Crippen LogP contribution in [0.1, 0.15) is 27.7 Å². The second kappa shape index (κ2) is 6.59. The van der Waals surface area contributed by atoms with E-state index < -0.39 is 0 Å². The van der Waals surface area contributed by atoms with Crippen LogP contribution in [0.2, 0.25) is 5.02 Å². The highest BCUT2D eigenvalue weighted by molar-refractivity contribution is 6.31. The van der Waals surface area contributed by atoms with Crippen molar-refractivity contribution in [3.8, 4) is 0 Å². The highest BCUT2D eigenvalue weighted by Crippen LogP contribution is 2.21. The number of aromatic nitrogens is 4. The van der Waals surface area contributed by atoms with Crippen molar-refractivity contribution in [3.05, 3.63) is 64.3 Å². The number of nitrogens with zero attached hydrogens (tertiary/aromatic N) is 4. The first kappa shape index (κ1) is 17.4. The van der Waals surface area contributed by atoms with Gasteiger partial charge in [0, 0.05) is 7.05 Å². The van der Waals surface area contributed by atoms with Crippen molar-refractivity contribution in [2.24, 2.45) is 7.05 Å². The van der Waals surface area contributed by atoms with Crippen molar-refractivity contribution >= 4 is 34.5 Å². The molecule has 0 saturated carbocycles. The maximum Gasteiger partial charge on any atom is 0.293 e. The van der Waals surface area contributed by atoms with E-state index in [4.69, 9.17) is 16.0 Å². The van der Waals surface area contributed by atoms with Gasteiger partial charge in [0.15, 0.2) is 5.76 Å². The Kier molecular flexibility index (Phi) is 4.24. The highest BCUT2D eigenvalue weighted by Gasteiger charge is 2.17. The summed E-state index contributed by atoms with van der Waals surface area (Å²) in [5.74, 6) is 0.938. The lowest BCUT2D eigenvalue weighted by atomic mass is 10.3. The Morgan fingerprint density at radius 2 is 2.00 bits per heavy atom. The summed E-state index contributed by atoms with van der Waals surface area (Å²) in [6.45, 7) is 4.15. The predicted molar refractivity (Wildman–Crippen MR) is 103 cm³/mol. The first-order chi connectivity index (χ1) is 12.9. The van der Waals surface area contributed by atoms with Crippen molar-refractivity contribution in [2.45, 2.75) is 20.4 Å². The van der Waals surface area contributed by atoms with E-state index in [1.54, 1.807) is 16.8 Å². The molecule has 1 aromatic carbocycles. The van der Waals surface area contributed by atoms with Crippen molar-refractivity contribution in [1.82, 2.24) is 19.3 Å². The molecule has 0 saturated heterocycles. The molecule has 0 bridgehead atoms. The molecule has 0 spiro atoms. The van der Waals surface area contributed by atoms with Crippen LogP contribution < -0.4 is 5.32 Å². The fourth-order valence-corrected chi connectivity index (χ4v) is 3.12. The predicted octanol–water partition coefficient (Wildman–Crippen LogP) is 3.93. The van der Waals surface area contributed by atoms with Gasteiger partial charge in [0.2, 0.25) is 5.95 Å². The van der Waals surface area contributed by atoms with E-state index >= 15 is 0 Å². The van der Waals surface area contributed by atoms with E-state index in [-0.39, 0.29) is 11.7 Å². The second-order valence-electron chi connectivity index (χ2n) is 6.35. The van der Waals surface area contributed by atoms with Crippen LogP contribution in [-0.4, -0.2) is 25.2 Å². The van der Waals surface area contributed by atoms with Crippen LogP contribution in [0.4, 0.5) is 5.95 Å². The number of anilines is 1. The molecule has 138 valence electrons. The third-order valence-corrected chi connectivity index (χ3v) is 5.04. The molecule has 27 heavy (non-hydrogen) atoms. The summed E-state index contributed by atoms with van der Waals surface area (Å²) in [4.78, 5) is 17.0. The zero-order valence-electron chi connectivity index (χ0n) is 15.2. The fourth-order valence-electron chi connectivity index (χ4n) is 2.98. The minimum atomic E-state index is -0.356. The Bertz CT molecular complexity index is 1150. The monoisotopic (exact) mass is 383 g/mol. The average molecular weight is 384 g/mol. The van der Waals surface area contributed by atoms with E-state index in [0.29, 0.717) is 23.3 Å². The normalized spacial score (nSPS) is 11.3. The van der Waals surface area contributed by atoms with Crippen LogP contribution in [0, 0.1) is 13.8 Å². The molecule has 0 fully saturated rings. The largest absolute Gasteiger partial charge is 0.454 e. The molecular formula is C19H18ClN5O2. The summed E-state index contributed by atoms with van der Waals surface area (Å²) >= 11 is 6.17. The molecule has 0 unspecified atom stereocenters. The van der Waals surface area contributed by atoms with Crippen LogP contribution in [0.5, 0.6) is 0 Å². The zero-order chi connectivity index (χ0) is 19.1. The van der Waals surface area contributed by atoms with Crippen LogP contribution in [0.25, 0.3) is 11.0 Å². The zero-order valence-corrected chi connectivity index (χ0v) is 15.9. The first-order valence-electron chi connectivity index (χ1n) is 8.45. The van der Waals surface area contributed by atoms with Gasteiger partial charge >= 0.3 is 0 Å². The minimum absolute atomic E-state index is 0.213. The number of halogens is 1. The number of nitrogens with one attached hydrogen (secondary N) is 1. The molecule has 0 aliphatic rings. The summed E-state index contributed by atoms with van der Waals surface area (Å²) in [5, 5.41) is 7.81. The third-order valence-electron chi connectivity index (χ3n) is 4.50. The Morgan fingerprint density at radius 1 is 1.22 bits per heavy atom. The molecule has 1 N–H and O–H groups in total. The second-order valence-corrected chi connectivity index (χ2v) is 6.72. The first-order valence-corrected chi connectivity index (χ1v) is 8.83. The van der Waals surface area contributed by atoms with Crippen molar-refractivity contribution in [2.75, 3.05) is 5.32 Å². The summed E-state index contributed by atoms with van der Waals surface area (Å²) in [5.41, 5.74) is 3.38. The van der Waals surface area contributed by atoms with Crippen LogP contribution in [0.3, 0.4) is 0 Å². The van der Waals surface area contributed by atoms with Gasteiger partial charge in [-0.2, -0.15) is 5.10 Å². The highest BCUT2D eigenvalue weighted by atomic mass is 35.5. The number of carbonyl (C=O) groups is 1. The lowest BCUT2D eigenvalue weighted by Crippen LogP contribution is -2.14. The van der Waals surface area contributed by atoms with E-state index in [9.17, 15) is 4.79 Å². The standard InChI is InChI=1S/C19H18ClN5O2/c1-11-17(20)12(2)25(23-11)10-13-8-9-16(27-13)18(26)22-19-21-14-6-4-5-7-15(14)24(19)3/h4-9H,10H2,1-3H3,(H,21,22,26). The van der Waals surface area contributed by atoms with E-state index in [1.165, 1.54) is 0 Å². The smallest absolute Gasteiger partial charge is 0.293 e. The SMILES string of the molecule is Cc1nn(Cc2ccc(C(=O)Nc3nc4ccccc4n3C)o2)c(C)c1Cl. The summed E-state index contributed by atoms with van der Waals surface area (Å²) < 4.78 is 9.27. The van der Waals surface area contributed by atoms with Gasteiger partial charge in [0.05, 0.1) is 34.0 Å². The molecule has 4 rings (SSSR count). The molecule has 3 heterocycles. The Morgan fingerprint density at radius 3 is 2.70 bits per heavy atom. The number of fused-ring (bicyclic) bond motifs is 1. The van der Waals surface area contributed by atoms with Gasteiger partial charge in [-0.3, -0.25) is 14.8 Å². The lowest BCUT2D eigenvalue weighted by molar-refractivity contribution is 0.0993. The number of hydrogen-bond acceptors (Lipinski definition) is 4. The van der Waals surface area contributed by atoms with E-state index in [0.717, 1.165) is 22.4 Å². The minimum Gasteiger partial charge on any atom is -0.454 e. The van der Waals surface area contributed by atoms with Gasteiger partial charge in [-0.15, -0.1) is 0 Å². The van der Waals surface area contributed by atoms with Crippen LogP contribution in [0.15, 0.2) is 40.8 Å². The van der Waals surface area contributed by atoms with Gasteiger partial charge in [0.1, 0.15) is 5.76 Å². The van der Waals surface area contributed by atoms with Crippen LogP contribution >= 0.6 is 11.6 Å². The number of carbonyl (C=O) groups excluding carboxylic acids is 1. The van der Waals surface area contributed by atoms with Crippen molar-refractivity contribution in [1.29, 1.82) is 0 Å². The van der Waals surface area contributed by atoms with Crippen molar-refractivity contribution in [3.63, 3.8) is 0 Å². The number of para-hydroxylation sites is 2. The van der Waals surface area contributed by atoms with Crippen LogP contribution in [-0.2, 0) is 13.6 Å². The molecule has 4 aromatic rings. The average Bonchev–Trinajstić information content (AvgIpc) is 3.31. The van der Waals surface area contributed by atoms with Gasteiger partial charge < -0.3 is 8.98 Å². The molecule has 1 amide bonds. The summed E-state index contributed by atoms with van der Waals surface area (Å²) in [7, 11) is 1.85. The molecule has 0 radical (unpaired) electrons. The third kappa shape index (κ3) is 3.10. The summed E-state index contributed by atoms with van der Waals surface area (Å²) in [6.07, 6.45) is 0. The lowest BCUT2D eigenvalue weighted by Gasteiger charge is -2.04. The van der Waals surface area contributed by atoms with Gasteiger partial charge in [-0.25, -0.2) is 4.98 Å². The van der Waals surface area contributed by atoms with Gasteiger partial charge in [0.25, 0.3) is 5.91 Å². The molecule has 8 heteroatoms. The number of imidazole rings is 1. The van der Waals surface area contributed by atoms with E-state index in [1.807, 2.05) is 49.7 Å². The maximum absolute atomic E-state index is 12.5. The molecular weight excluding hydrogens is 366 g/mol. The Labute approximate surface area is 160 Å². The van der Waals surface area contributed by atoms with Gasteiger partial charge in [-0.1, -0.05) is 23.7 Å². The maximum atomic E-state index is 12.5. The number of aryl methyl sites for hydroxylation is 2. The molecule has 3 aromatic heterocycles. The summed E-state index contributed by atoms with van der Waals surface area (Å²) in [6, 6.07) is 11.1. The molecule has 0 atom stereocenters. The number of hydrogen-bond donors (Lipinski definition) is 1. The molecule has 0 aliphatic heterocycles. The molecule has 7 nitrogen and oxygen atoms in total. The number of amides is 1. The Balaban J connectivity index is 1.53. The molecule has 0 aliphatic carbocycles. The van der Waals surface area contributed by atoms with Gasteiger partial charge in [-0.05, 0) is 38.1 Å².